The zero-order valence-electron chi connectivity index (χ0n) is 11.2. The van der Waals surface area contributed by atoms with Gasteiger partial charge in [0.1, 0.15) is 23.2 Å². The maximum atomic E-state index is 11.5. The Bertz CT molecular complexity index is 437. The first-order valence-corrected chi connectivity index (χ1v) is 6.25. The number of methoxy groups -OCH3 is 2. The molecule has 1 aromatic rings. The van der Waals surface area contributed by atoms with Crippen LogP contribution in [0.2, 0.25) is 0 Å². The van der Waals surface area contributed by atoms with Crippen molar-refractivity contribution in [1.82, 2.24) is 0 Å². The molecular weight excluding hydrogens is 248 g/mol. The monoisotopic (exact) mass is 266 g/mol. The third kappa shape index (κ3) is 3.38. The molecule has 0 radical (unpaired) electrons. The van der Waals surface area contributed by atoms with Crippen LogP contribution in [0, 0.1) is 0 Å². The van der Waals surface area contributed by atoms with Crippen LogP contribution >= 0.6 is 0 Å². The van der Waals surface area contributed by atoms with Crippen molar-refractivity contribution in [2.24, 2.45) is 0 Å². The SMILES string of the molecule is COC(=O)c1ccc(OC2CCOCC2)cc1OC. The Morgan fingerprint density at radius 3 is 2.63 bits per heavy atom. The lowest BCUT2D eigenvalue weighted by molar-refractivity contribution is 0.0255. The summed E-state index contributed by atoms with van der Waals surface area (Å²) in [5.74, 6) is 0.724. The molecule has 1 heterocycles. The molecule has 1 saturated heterocycles. The number of ether oxygens (including phenoxy) is 4. The summed E-state index contributed by atoms with van der Waals surface area (Å²) < 4.78 is 21.0. The summed E-state index contributed by atoms with van der Waals surface area (Å²) in [6.45, 7) is 1.45. The molecule has 0 aliphatic carbocycles. The van der Waals surface area contributed by atoms with E-state index in [2.05, 4.69) is 0 Å². The van der Waals surface area contributed by atoms with Crippen molar-refractivity contribution in [3.63, 3.8) is 0 Å². The van der Waals surface area contributed by atoms with E-state index in [0.717, 1.165) is 26.1 Å². The molecule has 0 bridgehead atoms. The number of hydrogen-bond donors (Lipinski definition) is 0. The standard InChI is InChI=1S/C14H18O5/c1-16-13-9-11(3-4-12(13)14(15)17-2)19-10-5-7-18-8-6-10/h3-4,9-10H,5-8H2,1-2H3. The van der Waals surface area contributed by atoms with Gasteiger partial charge in [-0.2, -0.15) is 0 Å². The minimum Gasteiger partial charge on any atom is -0.496 e. The summed E-state index contributed by atoms with van der Waals surface area (Å²) in [6, 6.07) is 5.12. The first-order valence-electron chi connectivity index (χ1n) is 6.25. The lowest BCUT2D eigenvalue weighted by Crippen LogP contribution is -2.25. The molecule has 0 saturated carbocycles. The smallest absolute Gasteiger partial charge is 0.341 e. The van der Waals surface area contributed by atoms with E-state index >= 15 is 0 Å². The van der Waals surface area contributed by atoms with Crippen LogP contribution in [-0.4, -0.2) is 39.5 Å². The molecule has 2 rings (SSSR count). The molecule has 1 aliphatic heterocycles. The van der Waals surface area contributed by atoms with Gasteiger partial charge in [0, 0.05) is 18.9 Å². The molecule has 0 unspecified atom stereocenters. The van der Waals surface area contributed by atoms with E-state index in [1.807, 2.05) is 0 Å². The van der Waals surface area contributed by atoms with E-state index in [-0.39, 0.29) is 6.10 Å². The van der Waals surface area contributed by atoms with Gasteiger partial charge in [0.15, 0.2) is 0 Å². The Balaban J connectivity index is 2.11. The molecule has 1 aliphatic rings. The molecule has 1 aromatic carbocycles. The van der Waals surface area contributed by atoms with Crippen LogP contribution in [0.5, 0.6) is 11.5 Å². The molecule has 0 aromatic heterocycles. The normalized spacial score (nSPS) is 15.9. The second-order valence-electron chi connectivity index (χ2n) is 4.28. The summed E-state index contributed by atoms with van der Waals surface area (Å²) in [5, 5.41) is 0. The Kier molecular flexibility index (Phi) is 4.63. The maximum Gasteiger partial charge on any atom is 0.341 e. The summed E-state index contributed by atoms with van der Waals surface area (Å²) in [5.41, 5.74) is 0.393. The predicted molar refractivity (Wildman–Crippen MR) is 68.8 cm³/mol. The molecule has 0 spiro atoms. The van der Waals surface area contributed by atoms with Crippen LogP contribution < -0.4 is 9.47 Å². The van der Waals surface area contributed by atoms with Crippen molar-refractivity contribution < 1.29 is 23.7 Å². The fourth-order valence-corrected chi connectivity index (χ4v) is 2.01. The molecular formula is C14H18O5. The predicted octanol–water partition coefficient (Wildman–Crippen LogP) is 2.04. The third-order valence-electron chi connectivity index (χ3n) is 3.05. The number of rotatable bonds is 4. The number of carbonyl (C=O) groups is 1. The van der Waals surface area contributed by atoms with Gasteiger partial charge in [-0.05, 0) is 12.1 Å². The topological polar surface area (TPSA) is 54.0 Å². The van der Waals surface area contributed by atoms with Gasteiger partial charge in [-0.15, -0.1) is 0 Å². The molecule has 1 fully saturated rings. The van der Waals surface area contributed by atoms with Crippen molar-refractivity contribution in [3.05, 3.63) is 23.8 Å². The average Bonchev–Trinajstić information content (AvgIpc) is 2.47. The molecule has 104 valence electrons. The van der Waals surface area contributed by atoms with Gasteiger partial charge >= 0.3 is 5.97 Å². The van der Waals surface area contributed by atoms with Crippen molar-refractivity contribution in [2.75, 3.05) is 27.4 Å². The maximum absolute atomic E-state index is 11.5. The highest BCUT2D eigenvalue weighted by atomic mass is 16.5. The van der Waals surface area contributed by atoms with Crippen molar-refractivity contribution in [2.45, 2.75) is 18.9 Å². The highest BCUT2D eigenvalue weighted by Gasteiger charge is 2.18. The zero-order chi connectivity index (χ0) is 13.7. The second-order valence-corrected chi connectivity index (χ2v) is 4.28. The van der Waals surface area contributed by atoms with E-state index in [9.17, 15) is 4.79 Å². The number of carbonyl (C=O) groups excluding carboxylic acids is 1. The zero-order valence-corrected chi connectivity index (χ0v) is 11.2. The Morgan fingerprint density at radius 2 is 2.00 bits per heavy atom. The van der Waals surface area contributed by atoms with Crippen molar-refractivity contribution >= 4 is 5.97 Å². The summed E-state index contributed by atoms with van der Waals surface area (Å²) in [7, 11) is 2.86. The van der Waals surface area contributed by atoms with Crippen LogP contribution in [0.25, 0.3) is 0 Å². The van der Waals surface area contributed by atoms with Crippen LogP contribution in [0.15, 0.2) is 18.2 Å². The molecule has 0 amide bonds. The number of benzene rings is 1. The highest BCUT2D eigenvalue weighted by molar-refractivity contribution is 5.92. The fraction of sp³-hybridized carbons (Fsp3) is 0.500. The Hall–Kier alpha value is -1.75. The molecule has 5 heteroatoms. The third-order valence-corrected chi connectivity index (χ3v) is 3.05. The Morgan fingerprint density at radius 1 is 1.26 bits per heavy atom. The van der Waals surface area contributed by atoms with Crippen LogP contribution in [0.3, 0.4) is 0 Å². The average molecular weight is 266 g/mol. The summed E-state index contributed by atoms with van der Waals surface area (Å²) >= 11 is 0. The van der Waals surface area contributed by atoms with E-state index in [1.165, 1.54) is 14.2 Å². The van der Waals surface area contributed by atoms with Gasteiger partial charge in [0.25, 0.3) is 0 Å². The molecule has 0 N–H and O–H groups in total. The van der Waals surface area contributed by atoms with Gasteiger partial charge in [0.2, 0.25) is 0 Å². The highest BCUT2D eigenvalue weighted by Crippen LogP contribution is 2.27. The van der Waals surface area contributed by atoms with Crippen molar-refractivity contribution in [3.8, 4) is 11.5 Å². The van der Waals surface area contributed by atoms with Crippen molar-refractivity contribution in [1.29, 1.82) is 0 Å². The van der Waals surface area contributed by atoms with E-state index in [1.54, 1.807) is 18.2 Å². The van der Waals surface area contributed by atoms with E-state index in [0.29, 0.717) is 17.1 Å². The minimum atomic E-state index is -0.422. The number of esters is 1. The largest absolute Gasteiger partial charge is 0.496 e. The quantitative estimate of drug-likeness (QED) is 0.781. The molecule has 5 nitrogen and oxygen atoms in total. The molecule has 0 atom stereocenters. The fourth-order valence-electron chi connectivity index (χ4n) is 2.01. The summed E-state index contributed by atoms with van der Waals surface area (Å²) in [6.07, 6.45) is 1.91. The molecule has 19 heavy (non-hydrogen) atoms. The van der Waals surface area contributed by atoms with Gasteiger partial charge in [-0.1, -0.05) is 0 Å². The Labute approximate surface area is 112 Å². The van der Waals surface area contributed by atoms with E-state index < -0.39 is 5.97 Å². The minimum absolute atomic E-state index is 0.155. The second kappa shape index (κ2) is 6.43. The first kappa shape index (κ1) is 13.7. The van der Waals surface area contributed by atoms with Crippen LogP contribution in [-0.2, 0) is 9.47 Å². The van der Waals surface area contributed by atoms with Gasteiger partial charge in [-0.25, -0.2) is 4.79 Å². The lowest BCUT2D eigenvalue weighted by atomic mass is 10.1. The van der Waals surface area contributed by atoms with E-state index in [4.69, 9.17) is 18.9 Å². The number of hydrogen-bond acceptors (Lipinski definition) is 5. The lowest BCUT2D eigenvalue weighted by Gasteiger charge is -2.23. The van der Waals surface area contributed by atoms with Crippen LogP contribution in [0.1, 0.15) is 23.2 Å². The van der Waals surface area contributed by atoms with Gasteiger partial charge in [0.05, 0.1) is 27.4 Å². The van der Waals surface area contributed by atoms with Gasteiger partial charge < -0.3 is 18.9 Å². The van der Waals surface area contributed by atoms with Gasteiger partial charge in [-0.3, -0.25) is 0 Å². The van der Waals surface area contributed by atoms with Crippen LogP contribution in [0.4, 0.5) is 0 Å². The first-order chi connectivity index (χ1) is 9.24. The summed E-state index contributed by atoms with van der Waals surface area (Å²) in [4.78, 5) is 11.5.